The molecule has 0 fully saturated rings. The molecular weight excluding hydrogens is 202 g/mol. The molecule has 0 amide bonds. The maximum atomic E-state index is 6.34. The lowest BCUT2D eigenvalue weighted by atomic mass is 9.82. The first kappa shape index (κ1) is 13.0. The Morgan fingerprint density at radius 1 is 1.25 bits per heavy atom. The normalized spacial score (nSPS) is 16.6. The van der Waals surface area contributed by atoms with Crippen molar-refractivity contribution in [2.75, 3.05) is 20.8 Å². The lowest BCUT2D eigenvalue weighted by Gasteiger charge is -2.32. The molecule has 0 bridgehead atoms. The predicted octanol–water partition coefficient (Wildman–Crippen LogP) is 2.15. The number of hydrogen-bond donors (Lipinski definition) is 1. The number of rotatable bonds is 5. The molecule has 2 atom stereocenters. The van der Waals surface area contributed by atoms with Gasteiger partial charge in [-0.05, 0) is 24.6 Å². The summed E-state index contributed by atoms with van der Waals surface area (Å²) in [5.74, 6) is 1.10. The summed E-state index contributed by atoms with van der Waals surface area (Å²) < 4.78 is 10.3. The van der Waals surface area contributed by atoms with Crippen molar-refractivity contribution in [3.8, 4) is 5.75 Å². The van der Waals surface area contributed by atoms with E-state index in [1.807, 2.05) is 31.2 Å². The Bertz CT molecular complexity index is 319. The average Bonchev–Trinajstić information content (AvgIpc) is 2.29. The van der Waals surface area contributed by atoms with Crippen LogP contribution in [0.1, 0.15) is 19.4 Å². The van der Waals surface area contributed by atoms with E-state index >= 15 is 0 Å². The van der Waals surface area contributed by atoms with Crippen LogP contribution in [0.25, 0.3) is 0 Å². The van der Waals surface area contributed by atoms with Crippen molar-refractivity contribution in [1.82, 2.24) is 0 Å². The third-order valence-electron chi connectivity index (χ3n) is 3.15. The van der Waals surface area contributed by atoms with Crippen LogP contribution in [0, 0.1) is 5.92 Å². The van der Waals surface area contributed by atoms with Gasteiger partial charge in [-0.15, -0.1) is 0 Å². The second kappa shape index (κ2) is 5.32. The van der Waals surface area contributed by atoms with E-state index in [2.05, 4.69) is 6.92 Å². The molecule has 1 rings (SSSR count). The van der Waals surface area contributed by atoms with Crippen molar-refractivity contribution >= 4 is 0 Å². The van der Waals surface area contributed by atoms with Gasteiger partial charge in [-0.2, -0.15) is 0 Å². The van der Waals surface area contributed by atoms with Crippen molar-refractivity contribution < 1.29 is 9.47 Å². The molecule has 2 N–H and O–H groups in total. The minimum atomic E-state index is -0.387. The number of benzene rings is 1. The Kier molecular flexibility index (Phi) is 4.33. The van der Waals surface area contributed by atoms with Crippen molar-refractivity contribution in [1.29, 1.82) is 0 Å². The highest BCUT2D eigenvalue weighted by molar-refractivity contribution is 5.31. The molecule has 0 saturated heterocycles. The largest absolute Gasteiger partial charge is 0.497 e. The second-order valence-electron chi connectivity index (χ2n) is 4.37. The predicted molar refractivity (Wildman–Crippen MR) is 65.6 cm³/mol. The van der Waals surface area contributed by atoms with Gasteiger partial charge in [0.2, 0.25) is 0 Å². The highest BCUT2D eigenvalue weighted by atomic mass is 16.5. The van der Waals surface area contributed by atoms with Gasteiger partial charge in [-0.3, -0.25) is 0 Å². The van der Waals surface area contributed by atoms with E-state index in [-0.39, 0.29) is 11.5 Å². The van der Waals surface area contributed by atoms with Crippen molar-refractivity contribution in [3.63, 3.8) is 0 Å². The number of methoxy groups -OCH3 is 2. The van der Waals surface area contributed by atoms with E-state index in [1.54, 1.807) is 14.2 Å². The molecule has 3 nitrogen and oxygen atoms in total. The highest BCUT2D eigenvalue weighted by Crippen LogP contribution is 2.28. The number of hydrogen-bond acceptors (Lipinski definition) is 3. The van der Waals surface area contributed by atoms with Gasteiger partial charge >= 0.3 is 0 Å². The van der Waals surface area contributed by atoms with Gasteiger partial charge in [-0.1, -0.05) is 19.1 Å². The fourth-order valence-corrected chi connectivity index (χ4v) is 1.66. The quantitative estimate of drug-likeness (QED) is 0.832. The first-order chi connectivity index (χ1) is 7.52. The summed E-state index contributed by atoms with van der Waals surface area (Å²) in [4.78, 5) is 0. The summed E-state index contributed by atoms with van der Waals surface area (Å²) >= 11 is 0. The van der Waals surface area contributed by atoms with Gasteiger partial charge in [-0.25, -0.2) is 0 Å². The van der Waals surface area contributed by atoms with Crippen LogP contribution in [-0.2, 0) is 10.3 Å². The van der Waals surface area contributed by atoms with E-state index in [1.165, 1.54) is 0 Å². The van der Waals surface area contributed by atoms with Gasteiger partial charge in [0, 0.05) is 18.6 Å². The summed E-state index contributed by atoms with van der Waals surface area (Å²) in [6, 6.07) is 7.87. The topological polar surface area (TPSA) is 44.5 Å². The summed E-state index contributed by atoms with van der Waals surface area (Å²) in [5.41, 5.74) is 7.05. The first-order valence-electron chi connectivity index (χ1n) is 5.44. The Hall–Kier alpha value is -1.06. The molecule has 0 aliphatic carbocycles. The van der Waals surface area contributed by atoms with Crippen LogP contribution in [0.4, 0.5) is 0 Å². The maximum Gasteiger partial charge on any atom is 0.118 e. The molecule has 1 aromatic carbocycles. The average molecular weight is 223 g/mol. The van der Waals surface area contributed by atoms with E-state index < -0.39 is 0 Å². The van der Waals surface area contributed by atoms with Crippen molar-refractivity contribution in [2.24, 2.45) is 11.7 Å². The Morgan fingerprint density at radius 2 is 1.81 bits per heavy atom. The third kappa shape index (κ3) is 2.74. The molecule has 0 saturated carbocycles. The molecule has 90 valence electrons. The lowest BCUT2D eigenvalue weighted by Crippen LogP contribution is -2.41. The van der Waals surface area contributed by atoms with Crippen LogP contribution < -0.4 is 10.5 Å². The van der Waals surface area contributed by atoms with Gasteiger partial charge in [0.25, 0.3) is 0 Å². The van der Waals surface area contributed by atoms with Gasteiger partial charge in [0.05, 0.1) is 13.7 Å². The molecule has 0 heterocycles. The molecule has 0 aliphatic heterocycles. The summed E-state index contributed by atoms with van der Waals surface area (Å²) in [6.07, 6.45) is 0. The van der Waals surface area contributed by atoms with Crippen molar-refractivity contribution in [3.05, 3.63) is 29.8 Å². The van der Waals surface area contributed by atoms with Crippen LogP contribution in [0.2, 0.25) is 0 Å². The third-order valence-corrected chi connectivity index (χ3v) is 3.15. The van der Waals surface area contributed by atoms with Crippen molar-refractivity contribution in [2.45, 2.75) is 19.4 Å². The molecule has 3 heteroatoms. The minimum Gasteiger partial charge on any atom is -0.497 e. The second-order valence-corrected chi connectivity index (χ2v) is 4.37. The van der Waals surface area contributed by atoms with Crippen LogP contribution in [0.15, 0.2) is 24.3 Å². The Morgan fingerprint density at radius 3 is 2.25 bits per heavy atom. The van der Waals surface area contributed by atoms with Crippen LogP contribution in [-0.4, -0.2) is 20.8 Å². The summed E-state index contributed by atoms with van der Waals surface area (Å²) in [7, 11) is 3.35. The zero-order valence-corrected chi connectivity index (χ0v) is 10.5. The standard InChI is InChI=1S/C13H21NO2/c1-10(9-15-3)13(2,14)11-5-7-12(16-4)8-6-11/h5-8,10H,9,14H2,1-4H3. The van der Waals surface area contributed by atoms with Gasteiger partial charge < -0.3 is 15.2 Å². The lowest BCUT2D eigenvalue weighted by molar-refractivity contribution is 0.121. The molecule has 0 radical (unpaired) electrons. The Balaban J connectivity index is 2.88. The van der Waals surface area contributed by atoms with E-state index in [9.17, 15) is 0 Å². The molecule has 0 aromatic heterocycles. The van der Waals surface area contributed by atoms with Crippen LogP contribution in [0.3, 0.4) is 0 Å². The zero-order chi connectivity index (χ0) is 12.2. The number of nitrogens with two attached hydrogens (primary N) is 1. The van der Waals surface area contributed by atoms with E-state index in [0.29, 0.717) is 6.61 Å². The van der Waals surface area contributed by atoms with Gasteiger partial charge in [0.15, 0.2) is 0 Å². The maximum absolute atomic E-state index is 6.34. The molecule has 16 heavy (non-hydrogen) atoms. The molecule has 0 spiro atoms. The van der Waals surface area contributed by atoms with E-state index in [4.69, 9.17) is 15.2 Å². The SMILES string of the molecule is COCC(C)C(C)(N)c1ccc(OC)cc1. The Labute approximate surface area is 97.6 Å². The molecular formula is C13H21NO2. The van der Waals surface area contributed by atoms with Gasteiger partial charge in [0.1, 0.15) is 5.75 Å². The van der Waals surface area contributed by atoms with E-state index in [0.717, 1.165) is 11.3 Å². The smallest absolute Gasteiger partial charge is 0.118 e. The van der Waals surface area contributed by atoms with Crippen LogP contribution in [0.5, 0.6) is 5.75 Å². The summed E-state index contributed by atoms with van der Waals surface area (Å²) in [5, 5.41) is 0. The minimum absolute atomic E-state index is 0.255. The highest BCUT2D eigenvalue weighted by Gasteiger charge is 2.28. The first-order valence-corrected chi connectivity index (χ1v) is 5.44. The zero-order valence-electron chi connectivity index (χ0n) is 10.5. The summed E-state index contributed by atoms with van der Waals surface area (Å²) in [6.45, 7) is 4.77. The number of ether oxygens (including phenoxy) is 2. The fourth-order valence-electron chi connectivity index (χ4n) is 1.66. The fraction of sp³-hybridized carbons (Fsp3) is 0.538. The monoisotopic (exact) mass is 223 g/mol. The van der Waals surface area contributed by atoms with Crippen LogP contribution >= 0.6 is 0 Å². The molecule has 2 unspecified atom stereocenters. The molecule has 0 aliphatic rings. The molecule has 1 aromatic rings.